The molecular weight excluding hydrogens is 142 g/mol. The van der Waals surface area contributed by atoms with Crippen molar-refractivity contribution >= 4 is 0 Å². The van der Waals surface area contributed by atoms with E-state index in [1.807, 2.05) is 0 Å². The fourth-order valence-electron chi connectivity index (χ4n) is 1.95. The second kappa shape index (κ2) is 2.44. The van der Waals surface area contributed by atoms with E-state index in [-0.39, 0.29) is 5.91 Å². The van der Waals surface area contributed by atoms with Gasteiger partial charge in [0, 0.05) is 19.0 Å². The highest BCUT2D eigenvalue weighted by Gasteiger charge is 2.49. The Morgan fingerprint density at radius 1 is 1.18 bits per heavy atom. The highest BCUT2D eigenvalue weighted by Crippen LogP contribution is 2.35. The molecule has 2 aliphatic rings. The van der Waals surface area contributed by atoms with E-state index in [4.69, 9.17) is 9.47 Å². The minimum absolute atomic E-state index is 0.361. The molecule has 0 atom stereocenters. The predicted molar refractivity (Wildman–Crippen MR) is 41.0 cm³/mol. The summed E-state index contributed by atoms with van der Waals surface area (Å²) in [6.45, 7) is 7.97. The van der Waals surface area contributed by atoms with Crippen molar-refractivity contribution in [1.82, 2.24) is 4.90 Å². The molecule has 2 fully saturated rings. The van der Waals surface area contributed by atoms with Crippen LogP contribution in [-0.4, -0.2) is 37.1 Å². The van der Waals surface area contributed by atoms with Crippen LogP contribution in [0.4, 0.5) is 0 Å². The molecule has 0 N–H and O–H groups in total. The Balaban J connectivity index is 2.20. The van der Waals surface area contributed by atoms with Gasteiger partial charge in [-0.15, -0.1) is 0 Å². The molecule has 2 heterocycles. The normalized spacial score (nSPS) is 29.7. The highest BCUT2D eigenvalue weighted by molar-refractivity contribution is 4.85. The van der Waals surface area contributed by atoms with E-state index in [0.29, 0.717) is 5.92 Å². The topological polar surface area (TPSA) is 21.7 Å². The van der Waals surface area contributed by atoms with E-state index < -0.39 is 0 Å². The van der Waals surface area contributed by atoms with Crippen molar-refractivity contribution in [3.8, 4) is 0 Å². The molecule has 2 aliphatic heterocycles. The Hall–Kier alpha value is -0.120. The Morgan fingerprint density at radius 3 is 2.09 bits per heavy atom. The van der Waals surface area contributed by atoms with E-state index in [1.54, 1.807) is 0 Å². The molecule has 3 heteroatoms. The standard InChI is InChI=1S/C8H15NO2/c1-7(2)8-9(3-5-10-8)4-6-11-8/h7H,3-6H2,1-2H3. The number of fused-ring (bicyclic) bond motifs is 1. The molecule has 0 amide bonds. The van der Waals surface area contributed by atoms with Crippen molar-refractivity contribution in [2.75, 3.05) is 26.3 Å². The summed E-state index contributed by atoms with van der Waals surface area (Å²) in [5.74, 6) is 0.0625. The van der Waals surface area contributed by atoms with Gasteiger partial charge in [-0.3, -0.25) is 0 Å². The van der Waals surface area contributed by atoms with Gasteiger partial charge >= 0.3 is 0 Å². The van der Waals surface area contributed by atoms with E-state index in [9.17, 15) is 0 Å². The molecule has 11 heavy (non-hydrogen) atoms. The molecule has 0 spiro atoms. The first-order valence-corrected chi connectivity index (χ1v) is 4.29. The summed E-state index contributed by atoms with van der Waals surface area (Å²) in [7, 11) is 0. The third-order valence-corrected chi connectivity index (χ3v) is 2.51. The SMILES string of the molecule is CC(C)C12OCCN1CCO2. The quantitative estimate of drug-likeness (QED) is 0.558. The van der Waals surface area contributed by atoms with Crippen LogP contribution in [0.2, 0.25) is 0 Å². The molecule has 3 nitrogen and oxygen atoms in total. The fourth-order valence-corrected chi connectivity index (χ4v) is 1.95. The molecule has 0 aromatic heterocycles. The van der Waals surface area contributed by atoms with Gasteiger partial charge in [0.05, 0.1) is 13.2 Å². The summed E-state index contributed by atoms with van der Waals surface area (Å²) in [6.07, 6.45) is 0. The van der Waals surface area contributed by atoms with Gasteiger partial charge in [-0.2, -0.15) is 0 Å². The van der Waals surface area contributed by atoms with E-state index >= 15 is 0 Å². The molecule has 0 aromatic carbocycles. The first-order chi connectivity index (χ1) is 5.26. The van der Waals surface area contributed by atoms with Crippen LogP contribution in [-0.2, 0) is 9.47 Å². The lowest BCUT2D eigenvalue weighted by Gasteiger charge is -2.32. The molecule has 64 valence electrons. The summed E-state index contributed by atoms with van der Waals surface area (Å²) >= 11 is 0. The van der Waals surface area contributed by atoms with Gasteiger partial charge in [-0.05, 0) is 0 Å². The minimum Gasteiger partial charge on any atom is -0.336 e. The zero-order chi connectivity index (χ0) is 7.90. The lowest BCUT2D eigenvalue weighted by atomic mass is 10.1. The second-order valence-electron chi connectivity index (χ2n) is 3.47. The number of hydrogen-bond donors (Lipinski definition) is 0. The van der Waals surface area contributed by atoms with Crippen LogP contribution < -0.4 is 0 Å². The third kappa shape index (κ3) is 0.916. The first-order valence-electron chi connectivity index (χ1n) is 4.29. The largest absolute Gasteiger partial charge is 0.336 e. The molecule has 0 unspecified atom stereocenters. The van der Waals surface area contributed by atoms with Crippen molar-refractivity contribution in [2.45, 2.75) is 19.8 Å². The zero-order valence-corrected chi connectivity index (χ0v) is 7.17. The smallest absolute Gasteiger partial charge is 0.232 e. The summed E-state index contributed by atoms with van der Waals surface area (Å²) in [6, 6.07) is 0. The average Bonchev–Trinajstić information content (AvgIpc) is 2.40. The molecule has 0 bridgehead atoms. The van der Waals surface area contributed by atoms with Crippen molar-refractivity contribution in [3.63, 3.8) is 0 Å². The fraction of sp³-hybridized carbons (Fsp3) is 1.00. The molecular formula is C8H15NO2. The van der Waals surface area contributed by atoms with Crippen molar-refractivity contribution in [2.24, 2.45) is 5.92 Å². The minimum atomic E-state index is -0.361. The van der Waals surface area contributed by atoms with Gasteiger partial charge in [-0.25, -0.2) is 4.90 Å². The number of ether oxygens (including phenoxy) is 2. The van der Waals surface area contributed by atoms with Gasteiger partial charge in [0.1, 0.15) is 0 Å². The van der Waals surface area contributed by atoms with Crippen LogP contribution >= 0.6 is 0 Å². The van der Waals surface area contributed by atoms with Crippen molar-refractivity contribution < 1.29 is 9.47 Å². The molecule has 2 rings (SSSR count). The lowest BCUT2D eigenvalue weighted by Crippen LogP contribution is -2.45. The average molecular weight is 157 g/mol. The summed E-state index contributed by atoms with van der Waals surface area (Å²) in [5.41, 5.74) is 0. The predicted octanol–water partition coefficient (Wildman–Crippen LogP) is 0.659. The lowest BCUT2D eigenvalue weighted by molar-refractivity contribution is -0.257. The van der Waals surface area contributed by atoms with Gasteiger partial charge in [0.25, 0.3) is 0 Å². The molecule has 2 saturated heterocycles. The summed E-state index contributed by atoms with van der Waals surface area (Å²) in [5, 5.41) is 0. The number of hydrogen-bond acceptors (Lipinski definition) is 3. The molecule has 0 aliphatic carbocycles. The van der Waals surface area contributed by atoms with Crippen molar-refractivity contribution in [1.29, 1.82) is 0 Å². The monoisotopic (exact) mass is 157 g/mol. The maximum absolute atomic E-state index is 5.63. The third-order valence-electron chi connectivity index (χ3n) is 2.51. The van der Waals surface area contributed by atoms with Crippen LogP contribution in [0.25, 0.3) is 0 Å². The van der Waals surface area contributed by atoms with Crippen LogP contribution in [0.15, 0.2) is 0 Å². The summed E-state index contributed by atoms with van der Waals surface area (Å²) in [4.78, 5) is 2.29. The zero-order valence-electron chi connectivity index (χ0n) is 7.17. The molecule has 0 aromatic rings. The second-order valence-corrected chi connectivity index (χ2v) is 3.47. The number of nitrogens with zero attached hydrogens (tertiary/aromatic N) is 1. The summed E-state index contributed by atoms with van der Waals surface area (Å²) < 4.78 is 11.3. The number of rotatable bonds is 1. The molecule has 0 radical (unpaired) electrons. The van der Waals surface area contributed by atoms with E-state index in [0.717, 1.165) is 26.3 Å². The highest BCUT2D eigenvalue weighted by atomic mass is 16.7. The maximum Gasteiger partial charge on any atom is 0.232 e. The van der Waals surface area contributed by atoms with Gasteiger partial charge in [0.2, 0.25) is 5.91 Å². The van der Waals surface area contributed by atoms with Crippen LogP contribution in [0.5, 0.6) is 0 Å². The Labute approximate surface area is 67.3 Å². The van der Waals surface area contributed by atoms with Gasteiger partial charge in [-0.1, -0.05) is 13.8 Å². The van der Waals surface area contributed by atoms with Crippen LogP contribution in [0.1, 0.15) is 13.8 Å². The Bertz CT molecular complexity index is 148. The van der Waals surface area contributed by atoms with Gasteiger partial charge in [0.15, 0.2) is 0 Å². The first kappa shape index (κ1) is 7.53. The molecule has 0 saturated carbocycles. The van der Waals surface area contributed by atoms with E-state index in [1.165, 1.54) is 0 Å². The Kier molecular flexibility index (Phi) is 1.67. The van der Waals surface area contributed by atoms with Crippen LogP contribution in [0.3, 0.4) is 0 Å². The Morgan fingerprint density at radius 2 is 1.73 bits per heavy atom. The van der Waals surface area contributed by atoms with Gasteiger partial charge < -0.3 is 9.47 Å². The maximum atomic E-state index is 5.63. The van der Waals surface area contributed by atoms with Crippen molar-refractivity contribution in [3.05, 3.63) is 0 Å². The van der Waals surface area contributed by atoms with Crippen LogP contribution in [0, 0.1) is 5.92 Å². The van der Waals surface area contributed by atoms with E-state index in [2.05, 4.69) is 18.7 Å².